The number of aromatic nitrogens is 1. The minimum absolute atomic E-state index is 0.0613. The van der Waals surface area contributed by atoms with Gasteiger partial charge in [-0.05, 0) is 61.6 Å². The predicted molar refractivity (Wildman–Crippen MR) is 124 cm³/mol. The normalized spacial score (nSPS) is 18.7. The van der Waals surface area contributed by atoms with Crippen molar-refractivity contribution in [2.45, 2.75) is 38.8 Å². The van der Waals surface area contributed by atoms with E-state index >= 15 is 0 Å². The quantitative estimate of drug-likeness (QED) is 0.454. The maximum absolute atomic E-state index is 12.6. The van der Waals surface area contributed by atoms with Crippen molar-refractivity contribution >= 4 is 39.0 Å². The summed E-state index contributed by atoms with van der Waals surface area (Å²) in [5.74, 6) is -0.0613. The van der Waals surface area contributed by atoms with E-state index < -0.39 is 0 Å². The smallest absolute Gasteiger partial charge is 0.254 e. The lowest BCUT2D eigenvalue weighted by Gasteiger charge is -2.39. The minimum Gasteiger partial charge on any atom is -0.342 e. The average Bonchev–Trinajstić information content (AvgIpc) is 3.05. The topological polar surface area (TPSA) is 49.6 Å². The Kier molecular flexibility index (Phi) is 5.21. The van der Waals surface area contributed by atoms with E-state index in [0.717, 1.165) is 36.0 Å². The zero-order valence-electron chi connectivity index (χ0n) is 17.1. The number of carbonyl (C=O) groups is 1. The third-order valence-corrected chi connectivity index (χ3v) is 6.73. The number of aryl methyl sites for hydroxylation is 2. The second kappa shape index (κ2) is 8.00. The van der Waals surface area contributed by atoms with E-state index in [-0.39, 0.29) is 5.91 Å². The van der Waals surface area contributed by atoms with Gasteiger partial charge in [0.05, 0.1) is 18.8 Å². The van der Waals surface area contributed by atoms with Gasteiger partial charge >= 0.3 is 0 Å². The fraction of sp³-hybridized carbons (Fsp3) is 0.333. The van der Waals surface area contributed by atoms with Gasteiger partial charge in [-0.1, -0.05) is 39.7 Å². The van der Waals surface area contributed by atoms with Crippen LogP contribution in [0.3, 0.4) is 0 Å². The third kappa shape index (κ3) is 3.59. The van der Waals surface area contributed by atoms with Crippen LogP contribution in [0.1, 0.15) is 41.3 Å². The van der Waals surface area contributed by atoms with Crippen LogP contribution in [0.15, 0.2) is 52.0 Å². The summed E-state index contributed by atoms with van der Waals surface area (Å²) in [6, 6.07) is 14.9. The first-order valence-corrected chi connectivity index (χ1v) is 11.3. The van der Waals surface area contributed by atoms with Gasteiger partial charge in [0.2, 0.25) is 0 Å². The Bertz CT molecular complexity index is 1150. The van der Waals surface area contributed by atoms with Crippen molar-refractivity contribution in [3.63, 3.8) is 0 Å². The number of nitrogens with zero attached hydrogens (tertiary/aromatic N) is 3. The van der Waals surface area contributed by atoms with Crippen LogP contribution in [0.5, 0.6) is 0 Å². The highest BCUT2D eigenvalue weighted by atomic mass is 79.9. The average molecular weight is 465 g/mol. The number of benzene rings is 2. The van der Waals surface area contributed by atoms with Gasteiger partial charge in [-0.2, -0.15) is 5.10 Å². The summed E-state index contributed by atoms with van der Waals surface area (Å²) in [5.41, 5.74) is 9.22. The second-order valence-electron chi connectivity index (χ2n) is 8.26. The van der Waals surface area contributed by atoms with Gasteiger partial charge < -0.3 is 4.57 Å². The molecule has 0 bridgehead atoms. The van der Waals surface area contributed by atoms with E-state index in [0.29, 0.717) is 12.6 Å². The molecule has 30 heavy (non-hydrogen) atoms. The Labute approximate surface area is 184 Å². The Hall–Kier alpha value is -2.44. The molecule has 2 aliphatic rings. The van der Waals surface area contributed by atoms with Gasteiger partial charge in [-0.3, -0.25) is 9.69 Å². The molecule has 6 heteroatoms. The highest BCUT2D eigenvalue weighted by Crippen LogP contribution is 2.42. The summed E-state index contributed by atoms with van der Waals surface area (Å²) in [7, 11) is 0. The summed E-state index contributed by atoms with van der Waals surface area (Å²) < 4.78 is 3.48. The number of amides is 1. The molecule has 3 aromatic rings. The van der Waals surface area contributed by atoms with Crippen molar-refractivity contribution in [3.8, 4) is 0 Å². The van der Waals surface area contributed by atoms with E-state index in [1.807, 2.05) is 24.3 Å². The Morgan fingerprint density at radius 3 is 3.03 bits per heavy atom. The van der Waals surface area contributed by atoms with E-state index in [1.54, 1.807) is 6.21 Å². The molecule has 0 saturated carbocycles. The van der Waals surface area contributed by atoms with Crippen LogP contribution in [-0.4, -0.2) is 34.7 Å². The molecule has 5 rings (SSSR count). The third-order valence-electron chi connectivity index (χ3n) is 6.24. The molecule has 0 fully saturated rings. The Morgan fingerprint density at radius 1 is 1.27 bits per heavy atom. The SMILES string of the molecule is Cc1ccc2c(c1)c1c3n2CCN(CC(=O)N/N=C/c2cccc(Br)c2)[C@@H]3CCC1. The van der Waals surface area contributed by atoms with Crippen molar-refractivity contribution in [2.24, 2.45) is 5.10 Å². The van der Waals surface area contributed by atoms with Crippen LogP contribution in [0.4, 0.5) is 0 Å². The highest BCUT2D eigenvalue weighted by Gasteiger charge is 2.35. The number of rotatable bonds is 4. The summed E-state index contributed by atoms with van der Waals surface area (Å²) in [6.07, 6.45) is 5.09. The van der Waals surface area contributed by atoms with Gasteiger partial charge in [-0.25, -0.2) is 5.43 Å². The molecule has 0 saturated heterocycles. The maximum atomic E-state index is 12.6. The molecular weight excluding hydrogens is 440 g/mol. The van der Waals surface area contributed by atoms with Crippen LogP contribution in [0.2, 0.25) is 0 Å². The van der Waals surface area contributed by atoms with Gasteiger partial charge in [-0.15, -0.1) is 0 Å². The van der Waals surface area contributed by atoms with E-state index in [1.165, 1.54) is 34.1 Å². The maximum Gasteiger partial charge on any atom is 0.254 e. The molecule has 5 nitrogen and oxygen atoms in total. The fourth-order valence-corrected chi connectivity index (χ4v) is 5.38. The molecule has 0 unspecified atom stereocenters. The van der Waals surface area contributed by atoms with Crippen LogP contribution in [-0.2, 0) is 17.8 Å². The van der Waals surface area contributed by atoms with Gasteiger partial charge in [0.1, 0.15) is 0 Å². The molecule has 1 atom stereocenters. The van der Waals surface area contributed by atoms with E-state index in [4.69, 9.17) is 0 Å². The minimum atomic E-state index is -0.0613. The number of hydrogen-bond acceptors (Lipinski definition) is 3. The Morgan fingerprint density at radius 2 is 2.17 bits per heavy atom. The lowest BCUT2D eigenvalue weighted by Crippen LogP contribution is -2.44. The summed E-state index contributed by atoms with van der Waals surface area (Å²) in [4.78, 5) is 14.9. The number of nitrogens with one attached hydrogen (secondary N) is 1. The molecule has 0 spiro atoms. The second-order valence-corrected chi connectivity index (χ2v) is 9.18. The van der Waals surface area contributed by atoms with Crippen molar-refractivity contribution in [1.82, 2.24) is 14.9 Å². The zero-order valence-corrected chi connectivity index (χ0v) is 18.7. The molecule has 0 radical (unpaired) electrons. The van der Waals surface area contributed by atoms with Crippen LogP contribution in [0.25, 0.3) is 10.9 Å². The first-order chi connectivity index (χ1) is 14.6. The lowest BCUT2D eigenvalue weighted by atomic mass is 9.89. The number of hydrogen-bond donors (Lipinski definition) is 1. The molecule has 1 amide bonds. The molecule has 2 aromatic carbocycles. The fourth-order valence-electron chi connectivity index (χ4n) is 4.97. The largest absolute Gasteiger partial charge is 0.342 e. The van der Waals surface area contributed by atoms with E-state index in [2.05, 4.69) is 61.0 Å². The summed E-state index contributed by atoms with van der Waals surface area (Å²) >= 11 is 3.45. The number of fused-ring (bicyclic) bond motifs is 3. The first-order valence-electron chi connectivity index (χ1n) is 10.5. The standard InChI is InChI=1S/C24H25BrN4O/c1-16-8-9-21-20(12-16)19-6-3-7-22-24(19)29(21)11-10-28(22)15-23(30)27-26-14-17-4-2-5-18(25)13-17/h2,4-5,8-9,12-14,22H,3,6-7,10-11,15H2,1H3,(H,27,30)/b26-14+/t22-/m1/s1. The summed E-state index contributed by atoms with van der Waals surface area (Å²) in [5, 5.41) is 5.54. The lowest BCUT2D eigenvalue weighted by molar-refractivity contribution is -0.123. The van der Waals surface area contributed by atoms with Crippen molar-refractivity contribution in [1.29, 1.82) is 0 Å². The monoisotopic (exact) mass is 464 g/mol. The number of hydrazone groups is 1. The number of carbonyl (C=O) groups excluding carboxylic acids is 1. The van der Waals surface area contributed by atoms with Crippen molar-refractivity contribution < 1.29 is 4.79 Å². The van der Waals surface area contributed by atoms with Gasteiger partial charge in [0.25, 0.3) is 5.91 Å². The molecule has 1 N–H and O–H groups in total. The molecule has 1 aliphatic carbocycles. The van der Waals surface area contributed by atoms with Crippen LogP contribution < -0.4 is 5.43 Å². The highest BCUT2D eigenvalue weighted by molar-refractivity contribution is 9.10. The molecule has 1 aromatic heterocycles. The van der Waals surface area contributed by atoms with Gasteiger partial charge in [0, 0.05) is 34.2 Å². The Balaban J connectivity index is 1.33. The van der Waals surface area contributed by atoms with E-state index in [9.17, 15) is 4.79 Å². The molecular formula is C24H25BrN4O. The summed E-state index contributed by atoms with van der Waals surface area (Å²) in [6.45, 7) is 4.35. The number of halogens is 1. The van der Waals surface area contributed by atoms with Crippen LogP contribution in [0, 0.1) is 6.92 Å². The molecule has 154 valence electrons. The van der Waals surface area contributed by atoms with Crippen molar-refractivity contribution in [3.05, 3.63) is 69.3 Å². The first kappa shape index (κ1) is 19.5. The molecule has 2 heterocycles. The van der Waals surface area contributed by atoms with Crippen molar-refractivity contribution in [2.75, 3.05) is 13.1 Å². The van der Waals surface area contributed by atoms with Gasteiger partial charge in [0.15, 0.2) is 0 Å². The zero-order chi connectivity index (χ0) is 20.7. The molecule has 1 aliphatic heterocycles. The van der Waals surface area contributed by atoms with Crippen LogP contribution >= 0.6 is 15.9 Å². The predicted octanol–water partition coefficient (Wildman–Crippen LogP) is 4.56.